The molecule has 0 bridgehead atoms. The summed E-state index contributed by atoms with van der Waals surface area (Å²) in [6.45, 7) is 2.31. The van der Waals surface area contributed by atoms with E-state index in [0.717, 1.165) is 43.8 Å². The summed E-state index contributed by atoms with van der Waals surface area (Å²) in [5.74, 6) is -0.182. The Bertz CT molecular complexity index is 666. The maximum atomic E-state index is 12.4. The number of primary amides is 1. The molecule has 0 saturated carbocycles. The van der Waals surface area contributed by atoms with E-state index in [-0.39, 0.29) is 22.9 Å². The second kappa shape index (κ2) is 8.82. The molecular weight excluding hydrogens is 344 g/mol. The Morgan fingerprint density at radius 1 is 1.48 bits per heavy atom. The number of rotatable bonds is 7. The Balaban J connectivity index is 2.01. The van der Waals surface area contributed by atoms with Gasteiger partial charge in [-0.1, -0.05) is 0 Å². The number of likely N-dealkylation sites (tertiary alicyclic amines) is 1. The molecule has 2 amide bonds. The van der Waals surface area contributed by atoms with Crippen LogP contribution in [0.1, 0.15) is 23.2 Å². The second-order valence-corrected chi connectivity index (χ2v) is 7.02. The Labute approximate surface area is 150 Å². The van der Waals surface area contributed by atoms with E-state index < -0.39 is 10.8 Å². The fourth-order valence-electron chi connectivity index (χ4n) is 2.91. The van der Waals surface area contributed by atoms with Gasteiger partial charge in [0, 0.05) is 24.7 Å². The van der Waals surface area contributed by atoms with Gasteiger partial charge in [0.1, 0.15) is 0 Å². The lowest BCUT2D eigenvalue weighted by atomic mass is 9.98. The van der Waals surface area contributed by atoms with Crippen molar-refractivity contribution in [3.63, 3.8) is 0 Å². The van der Waals surface area contributed by atoms with E-state index in [9.17, 15) is 19.7 Å². The highest BCUT2D eigenvalue weighted by molar-refractivity contribution is 8.00. The largest absolute Gasteiger partial charge is 0.366 e. The van der Waals surface area contributed by atoms with Gasteiger partial charge in [-0.2, -0.15) is 0 Å². The standard InChI is InChI=1S/C16H22N4O4S/c1-18-8-11-3-2-6-19(9-11)15(21)10-25-14-5-4-12(16(17)22)7-13(14)20(23)24/h4-5,7,11,18H,2-3,6,8-10H2,1H3,(H2,17,22). The molecule has 1 fully saturated rings. The Morgan fingerprint density at radius 3 is 2.88 bits per heavy atom. The first kappa shape index (κ1) is 19.2. The normalized spacial score (nSPS) is 17.3. The first-order chi connectivity index (χ1) is 11.9. The van der Waals surface area contributed by atoms with Crippen LogP contribution in [0.2, 0.25) is 0 Å². The number of hydrogen-bond acceptors (Lipinski definition) is 6. The molecule has 1 saturated heterocycles. The van der Waals surface area contributed by atoms with Gasteiger partial charge in [-0.05, 0) is 44.5 Å². The van der Waals surface area contributed by atoms with Crippen LogP contribution in [0.15, 0.2) is 23.1 Å². The minimum Gasteiger partial charge on any atom is -0.366 e. The maximum absolute atomic E-state index is 12.4. The number of nitro groups is 1. The molecule has 1 heterocycles. The van der Waals surface area contributed by atoms with E-state index in [4.69, 9.17) is 5.73 Å². The number of piperidine rings is 1. The minimum atomic E-state index is -0.723. The number of nitrogens with one attached hydrogen (secondary N) is 1. The fourth-order valence-corrected chi connectivity index (χ4v) is 3.82. The molecule has 136 valence electrons. The van der Waals surface area contributed by atoms with Crippen molar-refractivity contribution in [2.75, 3.05) is 32.4 Å². The van der Waals surface area contributed by atoms with Gasteiger partial charge < -0.3 is 16.0 Å². The monoisotopic (exact) mass is 366 g/mol. The number of hydrogen-bond donors (Lipinski definition) is 2. The molecule has 0 spiro atoms. The molecular formula is C16H22N4O4S. The molecule has 1 atom stereocenters. The van der Waals surface area contributed by atoms with Crippen LogP contribution in [0.4, 0.5) is 5.69 Å². The van der Waals surface area contributed by atoms with Crippen molar-refractivity contribution < 1.29 is 14.5 Å². The second-order valence-electron chi connectivity index (χ2n) is 6.00. The first-order valence-electron chi connectivity index (χ1n) is 8.05. The van der Waals surface area contributed by atoms with E-state index >= 15 is 0 Å². The molecule has 3 N–H and O–H groups in total. The molecule has 0 aromatic heterocycles. The van der Waals surface area contributed by atoms with Gasteiger partial charge in [-0.15, -0.1) is 11.8 Å². The topological polar surface area (TPSA) is 119 Å². The van der Waals surface area contributed by atoms with E-state index in [2.05, 4.69) is 5.32 Å². The summed E-state index contributed by atoms with van der Waals surface area (Å²) in [5, 5.41) is 14.3. The summed E-state index contributed by atoms with van der Waals surface area (Å²) >= 11 is 1.11. The quantitative estimate of drug-likeness (QED) is 0.426. The number of benzene rings is 1. The van der Waals surface area contributed by atoms with Crippen LogP contribution < -0.4 is 11.1 Å². The fraction of sp³-hybridized carbons (Fsp3) is 0.500. The minimum absolute atomic E-state index is 0.0286. The van der Waals surface area contributed by atoms with E-state index in [0.29, 0.717) is 17.4 Å². The van der Waals surface area contributed by atoms with Crippen molar-refractivity contribution in [2.45, 2.75) is 17.7 Å². The molecule has 25 heavy (non-hydrogen) atoms. The Kier molecular flexibility index (Phi) is 6.77. The SMILES string of the molecule is CNCC1CCCN(C(=O)CSc2ccc(C(N)=O)cc2[N+](=O)[O-])C1. The third-order valence-corrected chi connectivity index (χ3v) is 5.20. The number of nitro benzene ring substituents is 1. The molecule has 1 unspecified atom stereocenters. The van der Waals surface area contributed by atoms with Crippen LogP contribution in [0.3, 0.4) is 0 Å². The van der Waals surface area contributed by atoms with Crippen molar-refractivity contribution >= 4 is 29.3 Å². The molecule has 9 heteroatoms. The average Bonchev–Trinajstić information content (AvgIpc) is 2.59. The summed E-state index contributed by atoms with van der Waals surface area (Å²) in [7, 11) is 1.89. The first-order valence-corrected chi connectivity index (χ1v) is 9.04. The zero-order chi connectivity index (χ0) is 18.4. The highest BCUT2D eigenvalue weighted by atomic mass is 32.2. The maximum Gasteiger partial charge on any atom is 0.283 e. The van der Waals surface area contributed by atoms with E-state index in [1.165, 1.54) is 12.1 Å². The van der Waals surface area contributed by atoms with Gasteiger partial charge in [0.15, 0.2) is 0 Å². The van der Waals surface area contributed by atoms with Crippen LogP contribution in [0, 0.1) is 16.0 Å². The van der Waals surface area contributed by atoms with E-state index in [1.54, 1.807) is 0 Å². The van der Waals surface area contributed by atoms with Crippen molar-refractivity contribution in [1.29, 1.82) is 0 Å². The smallest absolute Gasteiger partial charge is 0.283 e. The van der Waals surface area contributed by atoms with Crippen molar-refractivity contribution in [3.05, 3.63) is 33.9 Å². The number of nitrogens with two attached hydrogens (primary N) is 1. The lowest BCUT2D eigenvalue weighted by Crippen LogP contribution is -2.43. The van der Waals surface area contributed by atoms with Gasteiger partial charge in [0.05, 0.1) is 15.6 Å². The summed E-state index contributed by atoms with van der Waals surface area (Å²) in [4.78, 5) is 36.4. The molecule has 0 aliphatic carbocycles. The molecule has 1 aliphatic heterocycles. The number of amides is 2. The van der Waals surface area contributed by atoms with Crippen LogP contribution in [-0.4, -0.2) is 54.1 Å². The molecule has 1 aromatic rings. The predicted octanol–water partition coefficient (Wildman–Crippen LogP) is 1.24. The summed E-state index contributed by atoms with van der Waals surface area (Å²) in [6.07, 6.45) is 2.06. The van der Waals surface area contributed by atoms with Crippen LogP contribution >= 0.6 is 11.8 Å². The van der Waals surface area contributed by atoms with Crippen molar-refractivity contribution in [1.82, 2.24) is 10.2 Å². The molecule has 1 aromatic carbocycles. The summed E-state index contributed by atoms with van der Waals surface area (Å²) < 4.78 is 0. The zero-order valence-electron chi connectivity index (χ0n) is 14.1. The van der Waals surface area contributed by atoms with Gasteiger partial charge in [-0.25, -0.2) is 0 Å². The van der Waals surface area contributed by atoms with Crippen LogP contribution in [-0.2, 0) is 4.79 Å². The van der Waals surface area contributed by atoms with Crippen molar-refractivity contribution in [3.8, 4) is 0 Å². The predicted molar refractivity (Wildman–Crippen MR) is 95.6 cm³/mol. The van der Waals surface area contributed by atoms with Gasteiger partial charge in [0.2, 0.25) is 11.8 Å². The van der Waals surface area contributed by atoms with Crippen LogP contribution in [0.5, 0.6) is 0 Å². The lowest BCUT2D eigenvalue weighted by Gasteiger charge is -2.32. The third kappa shape index (κ3) is 5.17. The van der Waals surface area contributed by atoms with Crippen molar-refractivity contribution in [2.24, 2.45) is 11.7 Å². The molecule has 1 aliphatic rings. The Morgan fingerprint density at radius 2 is 2.24 bits per heavy atom. The number of carbonyl (C=O) groups excluding carboxylic acids is 2. The van der Waals surface area contributed by atoms with Gasteiger partial charge in [0.25, 0.3) is 5.69 Å². The van der Waals surface area contributed by atoms with E-state index in [1.807, 2.05) is 11.9 Å². The third-order valence-electron chi connectivity index (χ3n) is 4.16. The van der Waals surface area contributed by atoms with Gasteiger partial charge in [-0.3, -0.25) is 19.7 Å². The molecule has 0 radical (unpaired) electrons. The number of thioether (sulfide) groups is 1. The highest BCUT2D eigenvalue weighted by Gasteiger charge is 2.24. The molecule has 8 nitrogen and oxygen atoms in total. The highest BCUT2D eigenvalue weighted by Crippen LogP contribution is 2.30. The lowest BCUT2D eigenvalue weighted by molar-refractivity contribution is -0.387. The number of nitrogens with zero attached hydrogens (tertiary/aromatic N) is 2. The van der Waals surface area contributed by atoms with Crippen LogP contribution in [0.25, 0.3) is 0 Å². The number of carbonyl (C=O) groups is 2. The van der Waals surface area contributed by atoms with Gasteiger partial charge >= 0.3 is 0 Å². The summed E-state index contributed by atoms with van der Waals surface area (Å²) in [5.41, 5.74) is 5.03. The molecule has 2 rings (SSSR count). The zero-order valence-corrected chi connectivity index (χ0v) is 14.9. The average molecular weight is 366 g/mol. The summed E-state index contributed by atoms with van der Waals surface area (Å²) in [6, 6.07) is 4.06. The Hall–Kier alpha value is -2.13.